The summed E-state index contributed by atoms with van der Waals surface area (Å²) < 4.78 is 12.7. The highest BCUT2D eigenvalue weighted by atomic mass is 19.1. The van der Waals surface area contributed by atoms with Gasteiger partial charge in [-0.05, 0) is 25.0 Å². The average Bonchev–Trinajstić information content (AvgIpc) is 2.35. The normalized spacial score (nSPS) is 17.6. The molecule has 1 aromatic heterocycles. The zero-order valence-electron chi connectivity index (χ0n) is 9.56. The molecule has 0 aromatic carbocycles. The van der Waals surface area contributed by atoms with Gasteiger partial charge in [0.05, 0.1) is 18.8 Å². The molecule has 2 rings (SSSR count). The fourth-order valence-corrected chi connectivity index (χ4v) is 2.01. The summed E-state index contributed by atoms with van der Waals surface area (Å²) in [6, 6.07) is 5.58. The van der Waals surface area contributed by atoms with Crippen LogP contribution in [0.5, 0.6) is 0 Å². The molecule has 0 bridgehead atoms. The van der Waals surface area contributed by atoms with Crippen LogP contribution >= 0.6 is 0 Å². The zero-order chi connectivity index (χ0) is 12.1. The minimum Gasteiger partial charge on any atom is -0.367 e. The van der Waals surface area contributed by atoms with Gasteiger partial charge in [-0.25, -0.2) is 9.37 Å². The molecule has 90 valence electrons. The van der Waals surface area contributed by atoms with Crippen molar-refractivity contribution in [2.75, 3.05) is 25.0 Å². The van der Waals surface area contributed by atoms with Crippen LogP contribution in [0.2, 0.25) is 0 Å². The number of nitriles is 1. The second kappa shape index (κ2) is 5.60. The van der Waals surface area contributed by atoms with Crippen LogP contribution < -0.4 is 5.32 Å². The van der Waals surface area contributed by atoms with Crippen molar-refractivity contribution in [1.82, 2.24) is 9.88 Å². The number of aromatic nitrogens is 1. The van der Waals surface area contributed by atoms with Crippen molar-refractivity contribution in [2.45, 2.75) is 18.9 Å². The van der Waals surface area contributed by atoms with E-state index in [4.69, 9.17) is 5.26 Å². The van der Waals surface area contributed by atoms with E-state index >= 15 is 0 Å². The molecule has 0 atom stereocenters. The lowest BCUT2D eigenvalue weighted by Gasteiger charge is -2.30. The highest BCUT2D eigenvalue weighted by Gasteiger charge is 2.18. The molecular weight excluding hydrogens is 219 g/mol. The standard InChI is InChI=1S/C12H15FN4/c13-10-1-2-12(15-9-10)16-11-3-6-17(7-4-11)8-5-14/h1-2,9,11H,3-4,6-8H2,(H,15,16). The van der Waals surface area contributed by atoms with Crippen LogP contribution in [-0.2, 0) is 0 Å². The van der Waals surface area contributed by atoms with Gasteiger partial charge in [0.25, 0.3) is 0 Å². The average molecular weight is 234 g/mol. The minimum atomic E-state index is -0.320. The number of anilines is 1. The smallest absolute Gasteiger partial charge is 0.141 e. The summed E-state index contributed by atoms with van der Waals surface area (Å²) >= 11 is 0. The first-order chi connectivity index (χ1) is 8.28. The number of pyridine rings is 1. The van der Waals surface area contributed by atoms with Gasteiger partial charge in [-0.3, -0.25) is 4.90 Å². The Morgan fingerprint density at radius 2 is 2.24 bits per heavy atom. The van der Waals surface area contributed by atoms with Crippen LogP contribution in [0, 0.1) is 17.1 Å². The zero-order valence-corrected chi connectivity index (χ0v) is 9.56. The van der Waals surface area contributed by atoms with E-state index in [1.54, 1.807) is 6.07 Å². The van der Waals surface area contributed by atoms with E-state index in [0.29, 0.717) is 18.4 Å². The lowest BCUT2D eigenvalue weighted by Crippen LogP contribution is -2.39. The summed E-state index contributed by atoms with van der Waals surface area (Å²) in [5.41, 5.74) is 0. The van der Waals surface area contributed by atoms with Gasteiger partial charge in [0, 0.05) is 19.1 Å². The van der Waals surface area contributed by atoms with E-state index in [-0.39, 0.29) is 5.82 Å². The Bertz CT molecular complexity index is 390. The van der Waals surface area contributed by atoms with Gasteiger partial charge in [-0.1, -0.05) is 0 Å². The van der Waals surface area contributed by atoms with E-state index in [1.165, 1.54) is 12.3 Å². The molecule has 1 fully saturated rings. The van der Waals surface area contributed by atoms with Crippen molar-refractivity contribution in [3.8, 4) is 6.07 Å². The fraction of sp³-hybridized carbons (Fsp3) is 0.500. The summed E-state index contributed by atoms with van der Waals surface area (Å²) in [6.07, 6.45) is 3.19. The second-order valence-electron chi connectivity index (χ2n) is 4.21. The van der Waals surface area contributed by atoms with Crippen LogP contribution in [0.15, 0.2) is 18.3 Å². The summed E-state index contributed by atoms with van der Waals surface area (Å²) in [6.45, 7) is 2.35. The van der Waals surface area contributed by atoms with Crippen LogP contribution in [-0.4, -0.2) is 35.6 Å². The molecule has 0 amide bonds. The highest BCUT2D eigenvalue weighted by Crippen LogP contribution is 2.14. The fourth-order valence-electron chi connectivity index (χ4n) is 2.01. The molecular formula is C12H15FN4. The van der Waals surface area contributed by atoms with Crippen LogP contribution in [0.1, 0.15) is 12.8 Å². The Balaban J connectivity index is 1.82. The maximum atomic E-state index is 12.7. The predicted octanol–water partition coefficient (Wildman–Crippen LogP) is 1.62. The first-order valence-electron chi connectivity index (χ1n) is 5.75. The number of halogens is 1. The van der Waals surface area contributed by atoms with Crippen LogP contribution in [0.25, 0.3) is 0 Å². The molecule has 0 aliphatic carbocycles. The van der Waals surface area contributed by atoms with Crippen molar-refractivity contribution in [3.63, 3.8) is 0 Å². The SMILES string of the molecule is N#CCN1CCC(Nc2ccc(F)cn2)CC1. The van der Waals surface area contributed by atoms with E-state index in [1.807, 2.05) is 0 Å². The number of hydrogen-bond acceptors (Lipinski definition) is 4. The van der Waals surface area contributed by atoms with Crippen molar-refractivity contribution >= 4 is 5.82 Å². The third-order valence-electron chi connectivity index (χ3n) is 2.96. The molecule has 1 aliphatic heterocycles. The molecule has 4 nitrogen and oxygen atoms in total. The van der Waals surface area contributed by atoms with Gasteiger partial charge in [0.1, 0.15) is 11.6 Å². The lowest BCUT2D eigenvalue weighted by atomic mass is 10.1. The maximum absolute atomic E-state index is 12.7. The number of piperidine rings is 1. The highest BCUT2D eigenvalue weighted by molar-refractivity contribution is 5.34. The lowest BCUT2D eigenvalue weighted by molar-refractivity contribution is 0.242. The summed E-state index contributed by atoms with van der Waals surface area (Å²) in [5.74, 6) is 0.393. The first-order valence-corrected chi connectivity index (χ1v) is 5.75. The van der Waals surface area contributed by atoms with Gasteiger partial charge >= 0.3 is 0 Å². The van der Waals surface area contributed by atoms with Crippen molar-refractivity contribution in [3.05, 3.63) is 24.1 Å². The molecule has 5 heteroatoms. The minimum absolute atomic E-state index is 0.320. The topological polar surface area (TPSA) is 52.0 Å². The number of hydrogen-bond donors (Lipinski definition) is 1. The van der Waals surface area contributed by atoms with Crippen molar-refractivity contribution in [2.24, 2.45) is 0 Å². The molecule has 0 unspecified atom stereocenters. The Labute approximate surface area is 100 Å². The van der Waals surface area contributed by atoms with Crippen LogP contribution in [0.3, 0.4) is 0 Å². The summed E-state index contributed by atoms with van der Waals surface area (Å²) in [4.78, 5) is 6.11. The van der Waals surface area contributed by atoms with E-state index in [2.05, 4.69) is 21.3 Å². The second-order valence-corrected chi connectivity index (χ2v) is 4.21. The van der Waals surface area contributed by atoms with E-state index < -0.39 is 0 Å². The van der Waals surface area contributed by atoms with E-state index in [9.17, 15) is 4.39 Å². The van der Waals surface area contributed by atoms with Gasteiger partial charge in [0.15, 0.2) is 0 Å². The molecule has 1 aliphatic rings. The number of rotatable bonds is 3. The molecule has 0 saturated carbocycles. The monoisotopic (exact) mass is 234 g/mol. The molecule has 2 heterocycles. The molecule has 1 N–H and O–H groups in total. The Morgan fingerprint density at radius 1 is 1.47 bits per heavy atom. The van der Waals surface area contributed by atoms with Crippen LogP contribution in [0.4, 0.5) is 10.2 Å². The van der Waals surface area contributed by atoms with E-state index in [0.717, 1.165) is 25.9 Å². The molecule has 1 saturated heterocycles. The number of nitrogens with one attached hydrogen (secondary N) is 1. The largest absolute Gasteiger partial charge is 0.367 e. The van der Waals surface area contributed by atoms with Crippen molar-refractivity contribution in [1.29, 1.82) is 5.26 Å². The Hall–Kier alpha value is -1.67. The first kappa shape index (κ1) is 11.8. The molecule has 0 radical (unpaired) electrons. The van der Waals surface area contributed by atoms with Gasteiger partial charge in [0.2, 0.25) is 0 Å². The van der Waals surface area contributed by atoms with Gasteiger partial charge in [-0.2, -0.15) is 5.26 Å². The quantitative estimate of drug-likeness (QED) is 0.807. The summed E-state index contributed by atoms with van der Waals surface area (Å²) in [5, 5.41) is 11.9. The van der Waals surface area contributed by atoms with Gasteiger partial charge in [-0.15, -0.1) is 0 Å². The molecule has 0 spiro atoms. The Morgan fingerprint density at radius 3 is 2.82 bits per heavy atom. The maximum Gasteiger partial charge on any atom is 0.141 e. The predicted molar refractivity (Wildman–Crippen MR) is 62.9 cm³/mol. The number of nitrogens with zero attached hydrogens (tertiary/aromatic N) is 3. The van der Waals surface area contributed by atoms with Gasteiger partial charge < -0.3 is 5.32 Å². The number of likely N-dealkylation sites (tertiary alicyclic amines) is 1. The molecule has 17 heavy (non-hydrogen) atoms. The molecule has 1 aromatic rings. The summed E-state index contributed by atoms with van der Waals surface area (Å²) in [7, 11) is 0. The third-order valence-corrected chi connectivity index (χ3v) is 2.96. The third kappa shape index (κ3) is 3.40. The Kier molecular flexibility index (Phi) is 3.89. The van der Waals surface area contributed by atoms with Crippen molar-refractivity contribution < 1.29 is 4.39 Å².